The van der Waals surface area contributed by atoms with Crippen LogP contribution >= 0.6 is 11.6 Å². The van der Waals surface area contributed by atoms with Crippen LogP contribution in [0.15, 0.2) is 59.5 Å². The highest BCUT2D eigenvalue weighted by molar-refractivity contribution is 7.89. The molecule has 1 fully saturated rings. The Morgan fingerprint density at radius 2 is 1.63 bits per heavy atom. The van der Waals surface area contributed by atoms with Gasteiger partial charge >= 0.3 is 0 Å². The molecule has 0 amide bonds. The molecule has 6 heteroatoms. The first kappa shape index (κ1) is 20.3. The van der Waals surface area contributed by atoms with E-state index in [2.05, 4.69) is 35.6 Å². The van der Waals surface area contributed by atoms with E-state index in [9.17, 15) is 8.42 Å². The molecule has 3 atom stereocenters. The van der Waals surface area contributed by atoms with Gasteiger partial charge in [0.1, 0.15) is 0 Å². The van der Waals surface area contributed by atoms with Gasteiger partial charge in [0, 0.05) is 30.7 Å². The standard InChI is InChI=1S/C21H27ClN2O2S/c1-16-12-17(2)15-24(14-16)21(18-6-4-3-5-7-18)13-23-27(25,26)20-10-8-19(22)9-11-20/h3-11,16-17,21,23H,12-15H2,1-2H3/t16-,17-,21+/m1/s1. The monoisotopic (exact) mass is 406 g/mol. The maximum absolute atomic E-state index is 12.7. The van der Waals surface area contributed by atoms with Crippen LogP contribution in [0.5, 0.6) is 0 Å². The van der Waals surface area contributed by atoms with Crippen LogP contribution in [0.4, 0.5) is 0 Å². The summed E-state index contributed by atoms with van der Waals surface area (Å²) in [7, 11) is -3.58. The SMILES string of the molecule is C[C@@H]1C[C@@H](C)CN([C@@H](CNS(=O)(=O)c2ccc(Cl)cc2)c2ccccc2)C1. The van der Waals surface area contributed by atoms with Gasteiger partial charge in [-0.15, -0.1) is 0 Å². The van der Waals surface area contributed by atoms with Gasteiger partial charge in [-0.25, -0.2) is 13.1 Å². The van der Waals surface area contributed by atoms with Crippen molar-refractivity contribution in [2.24, 2.45) is 11.8 Å². The van der Waals surface area contributed by atoms with Crippen LogP contribution in [0.2, 0.25) is 5.02 Å². The van der Waals surface area contributed by atoms with Crippen LogP contribution in [0.1, 0.15) is 31.9 Å². The smallest absolute Gasteiger partial charge is 0.240 e. The Morgan fingerprint density at radius 3 is 2.22 bits per heavy atom. The summed E-state index contributed by atoms with van der Waals surface area (Å²) < 4.78 is 28.2. The minimum Gasteiger partial charge on any atom is -0.294 e. The second-order valence-electron chi connectivity index (χ2n) is 7.63. The molecular weight excluding hydrogens is 380 g/mol. The lowest BCUT2D eigenvalue weighted by Crippen LogP contribution is -2.45. The third kappa shape index (κ3) is 5.32. The van der Waals surface area contributed by atoms with Crippen molar-refractivity contribution in [3.63, 3.8) is 0 Å². The zero-order chi connectivity index (χ0) is 19.4. The Balaban J connectivity index is 1.80. The summed E-state index contributed by atoms with van der Waals surface area (Å²) in [4.78, 5) is 2.65. The zero-order valence-corrected chi connectivity index (χ0v) is 17.4. The molecule has 0 saturated carbocycles. The van der Waals surface area contributed by atoms with Gasteiger partial charge < -0.3 is 0 Å². The molecule has 0 bridgehead atoms. The number of piperidine rings is 1. The number of rotatable bonds is 6. The molecule has 3 rings (SSSR count). The molecule has 1 N–H and O–H groups in total. The lowest BCUT2D eigenvalue weighted by molar-refractivity contribution is 0.0967. The molecule has 0 spiro atoms. The number of nitrogens with one attached hydrogen (secondary N) is 1. The molecule has 146 valence electrons. The van der Waals surface area contributed by atoms with Crippen LogP contribution in [-0.2, 0) is 10.0 Å². The van der Waals surface area contributed by atoms with Crippen molar-refractivity contribution >= 4 is 21.6 Å². The van der Waals surface area contributed by atoms with E-state index in [0.717, 1.165) is 18.7 Å². The van der Waals surface area contributed by atoms with Gasteiger partial charge in [-0.2, -0.15) is 0 Å². The molecule has 1 heterocycles. The Morgan fingerprint density at radius 1 is 1.04 bits per heavy atom. The molecule has 0 unspecified atom stereocenters. The minimum atomic E-state index is -3.58. The fourth-order valence-corrected chi connectivity index (χ4v) is 5.15. The molecule has 1 saturated heterocycles. The summed E-state index contributed by atoms with van der Waals surface area (Å²) in [6.45, 7) is 6.83. The molecular formula is C21H27ClN2O2S. The number of benzene rings is 2. The molecule has 1 aliphatic rings. The molecule has 0 aromatic heterocycles. The van der Waals surface area contributed by atoms with Gasteiger partial charge in [-0.05, 0) is 48.1 Å². The van der Waals surface area contributed by atoms with Gasteiger partial charge in [0.25, 0.3) is 0 Å². The summed E-state index contributed by atoms with van der Waals surface area (Å²) in [5.41, 5.74) is 1.14. The summed E-state index contributed by atoms with van der Waals surface area (Å²) in [5, 5.41) is 0.521. The summed E-state index contributed by atoms with van der Waals surface area (Å²) in [6.07, 6.45) is 1.22. The van der Waals surface area contributed by atoms with Crippen molar-refractivity contribution in [2.75, 3.05) is 19.6 Å². The Kier molecular flexibility index (Phi) is 6.58. The Hall–Kier alpha value is -1.40. The number of sulfonamides is 1. The largest absolute Gasteiger partial charge is 0.294 e. The predicted octanol–water partition coefficient (Wildman–Crippen LogP) is 4.34. The predicted molar refractivity (Wildman–Crippen MR) is 110 cm³/mol. The van der Waals surface area contributed by atoms with Crippen molar-refractivity contribution in [2.45, 2.75) is 31.2 Å². The lowest BCUT2D eigenvalue weighted by Gasteiger charge is -2.40. The van der Waals surface area contributed by atoms with Gasteiger partial charge in [0.2, 0.25) is 10.0 Å². The van der Waals surface area contributed by atoms with Crippen LogP contribution < -0.4 is 4.72 Å². The number of hydrogen-bond donors (Lipinski definition) is 1. The summed E-state index contributed by atoms with van der Waals surface area (Å²) in [6, 6.07) is 16.4. The lowest BCUT2D eigenvalue weighted by atomic mass is 9.90. The van der Waals surface area contributed by atoms with Crippen molar-refractivity contribution in [3.8, 4) is 0 Å². The van der Waals surface area contributed by atoms with Gasteiger partial charge in [-0.1, -0.05) is 55.8 Å². The molecule has 1 aliphatic heterocycles. The molecule has 27 heavy (non-hydrogen) atoms. The highest BCUT2D eigenvalue weighted by Crippen LogP contribution is 2.29. The van der Waals surface area contributed by atoms with E-state index < -0.39 is 10.0 Å². The highest BCUT2D eigenvalue weighted by atomic mass is 35.5. The van der Waals surface area contributed by atoms with Gasteiger partial charge in [0.05, 0.1) is 4.90 Å². The van der Waals surface area contributed by atoms with Crippen LogP contribution in [0.3, 0.4) is 0 Å². The third-order valence-electron chi connectivity index (χ3n) is 5.11. The Labute approximate surface area is 167 Å². The van der Waals surface area contributed by atoms with E-state index in [1.165, 1.54) is 18.6 Å². The van der Waals surface area contributed by atoms with Crippen molar-refractivity contribution in [1.29, 1.82) is 0 Å². The van der Waals surface area contributed by atoms with Gasteiger partial charge in [-0.3, -0.25) is 4.90 Å². The topological polar surface area (TPSA) is 49.4 Å². The fraction of sp³-hybridized carbons (Fsp3) is 0.429. The first-order chi connectivity index (χ1) is 12.8. The van der Waals surface area contributed by atoms with Crippen molar-refractivity contribution in [3.05, 3.63) is 65.2 Å². The molecule has 2 aromatic carbocycles. The molecule has 0 aliphatic carbocycles. The van der Waals surface area contributed by atoms with Crippen molar-refractivity contribution < 1.29 is 8.42 Å². The zero-order valence-electron chi connectivity index (χ0n) is 15.8. The van der Waals surface area contributed by atoms with Gasteiger partial charge in [0.15, 0.2) is 0 Å². The average Bonchev–Trinajstić information content (AvgIpc) is 2.62. The Bertz CT molecular complexity index is 830. The summed E-state index contributed by atoms with van der Waals surface area (Å²) >= 11 is 5.88. The van der Waals surface area contributed by atoms with E-state index >= 15 is 0 Å². The summed E-state index contributed by atoms with van der Waals surface area (Å²) in [5.74, 6) is 1.21. The average molecular weight is 407 g/mol. The number of halogens is 1. The first-order valence-corrected chi connectivity index (χ1v) is 11.3. The number of hydrogen-bond acceptors (Lipinski definition) is 3. The number of nitrogens with zero attached hydrogens (tertiary/aromatic N) is 1. The molecule has 0 radical (unpaired) electrons. The van der Waals surface area contributed by atoms with Crippen LogP contribution in [0.25, 0.3) is 0 Å². The second kappa shape index (κ2) is 8.74. The van der Waals surface area contributed by atoms with E-state index in [1.54, 1.807) is 12.1 Å². The van der Waals surface area contributed by atoms with Crippen LogP contribution in [0, 0.1) is 11.8 Å². The molecule has 2 aromatic rings. The number of likely N-dealkylation sites (tertiary alicyclic amines) is 1. The van der Waals surface area contributed by atoms with E-state index in [4.69, 9.17) is 11.6 Å². The quantitative estimate of drug-likeness (QED) is 0.776. The van der Waals surface area contributed by atoms with Crippen LogP contribution in [-0.4, -0.2) is 33.0 Å². The highest BCUT2D eigenvalue weighted by Gasteiger charge is 2.29. The maximum atomic E-state index is 12.7. The maximum Gasteiger partial charge on any atom is 0.240 e. The van der Waals surface area contributed by atoms with E-state index in [1.807, 2.05) is 18.2 Å². The third-order valence-corrected chi connectivity index (χ3v) is 6.80. The normalized spacial score (nSPS) is 22.5. The first-order valence-electron chi connectivity index (χ1n) is 9.39. The van der Waals surface area contributed by atoms with E-state index in [-0.39, 0.29) is 10.9 Å². The minimum absolute atomic E-state index is 0.0125. The second-order valence-corrected chi connectivity index (χ2v) is 9.84. The fourth-order valence-electron chi connectivity index (χ4n) is 3.98. The van der Waals surface area contributed by atoms with E-state index in [0.29, 0.717) is 23.4 Å². The molecule has 4 nitrogen and oxygen atoms in total. The van der Waals surface area contributed by atoms with Crippen molar-refractivity contribution in [1.82, 2.24) is 9.62 Å².